The van der Waals surface area contributed by atoms with E-state index in [1.807, 2.05) is 24.3 Å². The van der Waals surface area contributed by atoms with Crippen molar-refractivity contribution in [1.29, 1.82) is 0 Å². The molecule has 0 saturated carbocycles. The van der Waals surface area contributed by atoms with Gasteiger partial charge in [-0.3, -0.25) is 0 Å². The van der Waals surface area contributed by atoms with E-state index >= 15 is 0 Å². The van der Waals surface area contributed by atoms with Gasteiger partial charge in [0.05, 0.1) is 23.7 Å². The molecule has 3 aliphatic rings. The van der Waals surface area contributed by atoms with E-state index in [2.05, 4.69) is 436 Å². The molecular weight excluding hydrogens is 1670 g/mol. The van der Waals surface area contributed by atoms with Crippen molar-refractivity contribution < 1.29 is 17.9 Å². The van der Waals surface area contributed by atoms with E-state index in [1.54, 1.807) is 19.2 Å². The van der Waals surface area contributed by atoms with Gasteiger partial charge in [-0.05, 0) is 281 Å². The summed E-state index contributed by atoms with van der Waals surface area (Å²) in [4.78, 5) is 5.12. The summed E-state index contributed by atoms with van der Waals surface area (Å²) in [5.74, 6) is 0.862. The van der Waals surface area contributed by atoms with Crippen molar-refractivity contribution in [2.24, 2.45) is 0 Å². The molecule has 5 heteroatoms. The van der Waals surface area contributed by atoms with Crippen LogP contribution in [0.5, 0.6) is 5.75 Å². The lowest BCUT2D eigenvalue weighted by atomic mass is 9.80. The van der Waals surface area contributed by atoms with Crippen LogP contribution >= 0.6 is 0 Å². The number of methoxy groups -OCH3 is 1. The third kappa shape index (κ3) is 13.6. The highest BCUT2D eigenvalue weighted by atomic mass is 19.4. The largest absolute Gasteiger partial charge is 0.497 e. The highest BCUT2D eigenvalue weighted by Gasteiger charge is 2.42. The number of pyridine rings is 1. The van der Waals surface area contributed by atoms with Crippen LogP contribution in [-0.2, 0) is 22.4 Å². The second-order valence-corrected chi connectivity index (χ2v) is 38.3. The lowest BCUT2D eigenvalue weighted by Crippen LogP contribution is -2.14. The first-order valence-corrected chi connectivity index (χ1v) is 47.3. The average molecular weight is 1770 g/mol. The maximum atomic E-state index is 13.5. The molecule has 3 aliphatic carbocycles. The number of alkyl halides is 3. The van der Waals surface area contributed by atoms with Gasteiger partial charge in [0.25, 0.3) is 0 Å². The average Bonchev–Trinajstić information content (AvgIpc) is 1.62. The lowest BCUT2D eigenvalue weighted by molar-refractivity contribution is -0.137. The fourth-order valence-electron chi connectivity index (χ4n) is 23.3. The van der Waals surface area contributed by atoms with Crippen LogP contribution in [0.25, 0.3) is 220 Å². The van der Waals surface area contributed by atoms with Gasteiger partial charge in [-0.2, -0.15) is 13.2 Å². The maximum Gasteiger partial charge on any atom is 0.416 e. The summed E-state index contributed by atoms with van der Waals surface area (Å²) in [5, 5.41) is 16.6. The van der Waals surface area contributed by atoms with Gasteiger partial charge in [0, 0.05) is 32.6 Å². The fraction of sp³-hybridized carbons (Fsp3) is 0.0833. The molecule has 23 aromatic rings. The summed E-state index contributed by atoms with van der Waals surface area (Å²) >= 11 is 0. The van der Waals surface area contributed by atoms with Gasteiger partial charge in [0.2, 0.25) is 0 Å². The SMILES string of the molecule is CC1(C)c2ccccc2-c2c(-c3c4ccccc4c(-c4c5ccccc5nc5ccccc45)c4ccc(-c5ccccc5)cc34)cccc21.CC1(C)c2ccccc2-c2c(-c3c4ccccc4c(-c4ccc(C(F)(F)F)cc4)c4ccc(-c5ccccc5)cc34)cccc21.COc1ccc(-c2c3ccccc3c(-c3cccc4c3-c3ccccc3C4(C)C)c3cc(-c4ccccc4)ccc23)cc1. The van der Waals surface area contributed by atoms with Crippen LogP contribution in [0, 0.1) is 0 Å². The van der Waals surface area contributed by atoms with Crippen LogP contribution in [0.15, 0.2) is 443 Å². The first-order valence-electron chi connectivity index (χ1n) is 47.3. The van der Waals surface area contributed by atoms with Crippen LogP contribution in [0.2, 0.25) is 0 Å². The molecule has 654 valence electrons. The Kier molecular flexibility index (Phi) is 20.0. The predicted octanol–water partition coefficient (Wildman–Crippen LogP) is 36.6. The van der Waals surface area contributed by atoms with Crippen LogP contribution in [0.3, 0.4) is 0 Å². The van der Waals surface area contributed by atoms with Crippen molar-refractivity contribution in [3.63, 3.8) is 0 Å². The van der Waals surface area contributed by atoms with Crippen LogP contribution in [0.1, 0.15) is 80.5 Å². The van der Waals surface area contributed by atoms with Crippen molar-refractivity contribution in [3.05, 3.63) is 482 Å². The van der Waals surface area contributed by atoms with E-state index in [-0.39, 0.29) is 16.2 Å². The van der Waals surface area contributed by atoms with Crippen LogP contribution in [-0.4, -0.2) is 12.1 Å². The number of benzene rings is 22. The van der Waals surface area contributed by atoms with E-state index in [1.165, 1.54) is 200 Å². The normalized spacial score (nSPS) is 13.4. The Morgan fingerprint density at radius 1 is 0.190 bits per heavy atom. The summed E-state index contributed by atoms with van der Waals surface area (Å²) in [7, 11) is 1.72. The number of fused-ring (bicyclic) bond motifs is 17. The summed E-state index contributed by atoms with van der Waals surface area (Å²) < 4.78 is 46.1. The van der Waals surface area contributed by atoms with Crippen molar-refractivity contribution in [2.75, 3.05) is 7.11 Å². The summed E-state index contributed by atoms with van der Waals surface area (Å²) in [6, 6.07) is 157. The standard InChI is InChI=1S/C48H33N.C42H29F3.C42H32O/c1-48(2)40-23-11-8-19-35(40)45-38(22-14-24-41(45)48)44-32-17-6-7-18-33(32)46(34-28-27-31(29-39(34)44)30-15-4-3-5-16-30)47-36-20-9-12-25-42(36)49-43-26-13-10-21-37(43)47;1-41(2)36-17-9-8-15-33(36)40-34(16-10-18-37(40)41)39-31-14-7-6-13-30(31)38(27-19-22-29(23-20-27)42(43,44)45)32-24-21-28(25-35(32)39)26-11-4-3-5-12-26;1-42(2)37-18-10-9-16-34(37)41-35(17-11-19-38(41)42)40-32-15-8-7-14-31(32)39(28-20-23-30(43-3)24-21-28)33-25-22-29(26-36(33)40)27-12-5-4-6-13-27/h3-29H,1-2H3;3-25H,1-2H3;4-26H,1-3H3. The first kappa shape index (κ1) is 83.7. The number of nitrogens with zero attached hydrogens (tertiary/aromatic N) is 1. The molecule has 0 fully saturated rings. The molecule has 1 heterocycles. The topological polar surface area (TPSA) is 22.1 Å². The minimum atomic E-state index is -4.39. The third-order valence-electron chi connectivity index (χ3n) is 29.7. The molecule has 0 unspecified atom stereocenters. The highest BCUT2D eigenvalue weighted by Crippen LogP contribution is 2.60. The first-order chi connectivity index (χ1) is 66.9. The Hall–Kier alpha value is -16.3. The van der Waals surface area contributed by atoms with E-state index in [9.17, 15) is 13.2 Å². The van der Waals surface area contributed by atoms with E-state index in [0.29, 0.717) is 0 Å². The van der Waals surface area contributed by atoms with Crippen molar-refractivity contribution in [1.82, 2.24) is 4.98 Å². The van der Waals surface area contributed by atoms with Gasteiger partial charge in [-0.1, -0.05) is 430 Å². The van der Waals surface area contributed by atoms with Gasteiger partial charge in [0.15, 0.2) is 0 Å². The molecule has 137 heavy (non-hydrogen) atoms. The minimum absolute atomic E-state index is 0.0637. The number of rotatable bonds is 10. The van der Waals surface area contributed by atoms with Crippen LogP contribution in [0.4, 0.5) is 13.2 Å². The van der Waals surface area contributed by atoms with Gasteiger partial charge >= 0.3 is 6.18 Å². The van der Waals surface area contributed by atoms with Gasteiger partial charge in [0.1, 0.15) is 5.75 Å². The Morgan fingerprint density at radius 3 is 0.774 bits per heavy atom. The molecule has 0 saturated heterocycles. The number of halogens is 3. The molecule has 1 aromatic heterocycles. The smallest absolute Gasteiger partial charge is 0.416 e. The summed E-state index contributed by atoms with van der Waals surface area (Å²) in [5.41, 5.74) is 38.3. The molecule has 0 aliphatic heterocycles. The monoisotopic (exact) mass is 1770 g/mol. The van der Waals surface area contributed by atoms with Gasteiger partial charge in [-0.25, -0.2) is 4.98 Å². The number of ether oxygens (including phenoxy) is 1. The van der Waals surface area contributed by atoms with Crippen LogP contribution < -0.4 is 4.74 Å². The zero-order chi connectivity index (χ0) is 92.7. The summed E-state index contributed by atoms with van der Waals surface area (Å²) in [6.45, 7) is 14.0. The molecule has 0 radical (unpaired) electrons. The quantitative estimate of drug-likeness (QED) is 0.127. The Labute approximate surface area is 796 Å². The van der Waals surface area contributed by atoms with E-state index < -0.39 is 11.7 Å². The van der Waals surface area contributed by atoms with E-state index in [0.717, 1.165) is 71.7 Å². The molecule has 0 amide bonds. The molecule has 0 N–H and O–H groups in total. The Bertz CT molecular complexity index is 8800. The Morgan fingerprint density at radius 2 is 0.438 bits per heavy atom. The number of para-hydroxylation sites is 2. The molecule has 0 bridgehead atoms. The molecule has 2 nitrogen and oxygen atoms in total. The molecule has 0 atom stereocenters. The van der Waals surface area contributed by atoms with Crippen molar-refractivity contribution in [2.45, 2.75) is 64.0 Å². The zero-order valence-electron chi connectivity index (χ0n) is 77.1. The fourth-order valence-corrected chi connectivity index (χ4v) is 23.3. The number of aromatic nitrogens is 1. The highest BCUT2D eigenvalue weighted by molar-refractivity contribution is 6.29. The molecule has 26 rings (SSSR count). The number of hydrogen-bond acceptors (Lipinski definition) is 2. The second-order valence-electron chi connectivity index (χ2n) is 38.3. The summed E-state index contributed by atoms with van der Waals surface area (Å²) in [6.07, 6.45) is -4.39. The third-order valence-corrected chi connectivity index (χ3v) is 29.7. The number of hydrogen-bond donors (Lipinski definition) is 0. The van der Waals surface area contributed by atoms with Crippen molar-refractivity contribution >= 4 is 86.4 Å². The molecule has 22 aromatic carbocycles. The van der Waals surface area contributed by atoms with Gasteiger partial charge < -0.3 is 4.74 Å². The minimum Gasteiger partial charge on any atom is -0.497 e. The van der Waals surface area contributed by atoms with Crippen molar-refractivity contribution in [3.8, 4) is 139 Å². The maximum absolute atomic E-state index is 13.5. The molecular formula is C132H94F3NO. The molecule has 0 spiro atoms. The lowest BCUT2D eigenvalue weighted by Gasteiger charge is -2.23. The van der Waals surface area contributed by atoms with Gasteiger partial charge in [-0.15, -0.1) is 0 Å². The van der Waals surface area contributed by atoms with E-state index in [4.69, 9.17) is 9.72 Å². The predicted molar refractivity (Wildman–Crippen MR) is 570 cm³/mol. The second kappa shape index (κ2) is 32.8. The zero-order valence-corrected chi connectivity index (χ0v) is 77.1. The Balaban J connectivity index is 0.000000112.